The van der Waals surface area contributed by atoms with Crippen LogP contribution in [0, 0.1) is 5.41 Å². The number of halogens is 2. The number of thiophene rings is 1. The first-order chi connectivity index (χ1) is 9.42. The Labute approximate surface area is 133 Å². The Morgan fingerprint density at radius 3 is 2.50 bits per heavy atom. The smallest absolute Gasteiger partial charge is 0.231 e. The van der Waals surface area contributed by atoms with Gasteiger partial charge in [-0.3, -0.25) is 9.69 Å². The van der Waals surface area contributed by atoms with Crippen LogP contribution in [0.4, 0.5) is 0 Å². The van der Waals surface area contributed by atoms with Crippen LogP contribution in [-0.2, 0) is 11.3 Å². The highest BCUT2D eigenvalue weighted by molar-refractivity contribution is 7.09. The van der Waals surface area contributed by atoms with Crippen LogP contribution in [-0.4, -0.2) is 46.2 Å². The number of carbonyl (C=O) groups excluding carboxylic acids is 1. The molecule has 1 aliphatic heterocycles. The van der Waals surface area contributed by atoms with E-state index in [-0.39, 0.29) is 5.91 Å². The number of hydrogen-bond donors (Lipinski definition) is 0. The highest BCUT2D eigenvalue weighted by atomic mass is 35.5. The summed E-state index contributed by atoms with van der Waals surface area (Å²) in [6, 6.07) is 4.23. The zero-order valence-corrected chi connectivity index (χ0v) is 13.8. The van der Waals surface area contributed by atoms with E-state index < -0.39 is 9.75 Å². The Kier molecular flexibility index (Phi) is 3.78. The molecule has 0 spiro atoms. The molecule has 0 bridgehead atoms. The molecular weight excluding hydrogens is 315 g/mol. The van der Waals surface area contributed by atoms with Crippen molar-refractivity contribution in [1.82, 2.24) is 9.80 Å². The molecule has 2 heterocycles. The summed E-state index contributed by atoms with van der Waals surface area (Å²) in [6.45, 7) is 6.21. The molecule has 1 aromatic rings. The zero-order chi connectivity index (χ0) is 14.4. The van der Waals surface area contributed by atoms with Crippen LogP contribution in [0.25, 0.3) is 0 Å². The van der Waals surface area contributed by atoms with Gasteiger partial charge in [0.05, 0.1) is 5.41 Å². The molecule has 1 atom stereocenters. The minimum atomic E-state index is -0.863. The second kappa shape index (κ2) is 5.16. The molecular formula is C14H18Cl2N2OS. The van der Waals surface area contributed by atoms with Gasteiger partial charge in [0.1, 0.15) is 4.33 Å². The lowest BCUT2D eigenvalue weighted by Crippen LogP contribution is -2.50. The maximum Gasteiger partial charge on any atom is 0.231 e. The van der Waals surface area contributed by atoms with Gasteiger partial charge in [-0.2, -0.15) is 0 Å². The van der Waals surface area contributed by atoms with E-state index >= 15 is 0 Å². The van der Waals surface area contributed by atoms with Crippen molar-refractivity contribution in [2.75, 3.05) is 26.2 Å². The van der Waals surface area contributed by atoms with Gasteiger partial charge >= 0.3 is 0 Å². The number of amides is 1. The van der Waals surface area contributed by atoms with Crippen molar-refractivity contribution in [2.45, 2.75) is 24.2 Å². The van der Waals surface area contributed by atoms with Crippen LogP contribution in [0.2, 0.25) is 0 Å². The number of carbonyl (C=O) groups is 1. The van der Waals surface area contributed by atoms with Crippen molar-refractivity contribution in [3.63, 3.8) is 0 Å². The quantitative estimate of drug-likeness (QED) is 0.794. The molecule has 1 amide bonds. The van der Waals surface area contributed by atoms with E-state index in [0.29, 0.717) is 6.42 Å². The predicted molar refractivity (Wildman–Crippen MR) is 83.3 cm³/mol. The van der Waals surface area contributed by atoms with Gasteiger partial charge < -0.3 is 4.90 Å². The summed E-state index contributed by atoms with van der Waals surface area (Å²) < 4.78 is -0.863. The van der Waals surface area contributed by atoms with E-state index in [1.165, 1.54) is 4.88 Å². The summed E-state index contributed by atoms with van der Waals surface area (Å²) in [7, 11) is 0. The summed E-state index contributed by atoms with van der Waals surface area (Å²) in [6.07, 6.45) is 0.567. The van der Waals surface area contributed by atoms with E-state index in [1.54, 1.807) is 11.3 Å². The minimum absolute atomic E-state index is 0.110. The molecule has 6 heteroatoms. The number of rotatable bonds is 3. The third-order valence-electron chi connectivity index (χ3n) is 4.35. The summed E-state index contributed by atoms with van der Waals surface area (Å²) >= 11 is 14.0. The van der Waals surface area contributed by atoms with Gasteiger partial charge in [-0.25, -0.2) is 0 Å². The van der Waals surface area contributed by atoms with Crippen LogP contribution in [0.1, 0.15) is 18.2 Å². The maximum atomic E-state index is 12.5. The summed E-state index contributed by atoms with van der Waals surface area (Å²) in [5, 5.41) is 2.10. The molecule has 1 saturated carbocycles. The molecule has 0 aromatic carbocycles. The van der Waals surface area contributed by atoms with Crippen molar-refractivity contribution in [1.29, 1.82) is 0 Å². The lowest BCUT2D eigenvalue weighted by atomic mass is 10.1. The Bertz CT molecular complexity index is 497. The van der Waals surface area contributed by atoms with Gasteiger partial charge in [0.2, 0.25) is 5.91 Å². The summed E-state index contributed by atoms with van der Waals surface area (Å²) in [5.41, 5.74) is -0.577. The lowest BCUT2D eigenvalue weighted by Gasteiger charge is -2.36. The largest absolute Gasteiger partial charge is 0.340 e. The van der Waals surface area contributed by atoms with E-state index in [4.69, 9.17) is 23.2 Å². The van der Waals surface area contributed by atoms with E-state index in [1.807, 2.05) is 11.8 Å². The highest BCUT2D eigenvalue weighted by Crippen LogP contribution is 2.64. The Morgan fingerprint density at radius 1 is 1.35 bits per heavy atom. The number of alkyl halides is 2. The number of hydrogen-bond acceptors (Lipinski definition) is 3. The summed E-state index contributed by atoms with van der Waals surface area (Å²) in [4.78, 5) is 18.1. The third kappa shape index (κ3) is 2.59. The van der Waals surface area contributed by atoms with Gasteiger partial charge in [-0.05, 0) is 24.8 Å². The molecule has 3 rings (SSSR count). The Hall–Kier alpha value is -0.290. The highest BCUT2D eigenvalue weighted by Gasteiger charge is 2.68. The molecule has 20 heavy (non-hydrogen) atoms. The average Bonchev–Trinajstić information content (AvgIpc) is 2.80. The third-order valence-corrected chi connectivity index (χ3v) is 6.31. The van der Waals surface area contributed by atoms with Crippen LogP contribution in [0.5, 0.6) is 0 Å². The standard InChI is InChI=1S/C14H18Cl2N2OS/c1-13(10-14(13,15)16)12(19)18-6-4-17(5-7-18)9-11-3-2-8-20-11/h2-3,8H,4-7,9-10H2,1H3. The minimum Gasteiger partial charge on any atom is -0.340 e. The molecule has 2 aliphatic rings. The zero-order valence-electron chi connectivity index (χ0n) is 11.4. The lowest BCUT2D eigenvalue weighted by molar-refractivity contribution is -0.138. The topological polar surface area (TPSA) is 23.6 Å². The van der Waals surface area contributed by atoms with Crippen molar-refractivity contribution >= 4 is 40.4 Å². The second-order valence-electron chi connectivity index (χ2n) is 5.86. The number of piperazine rings is 1. The van der Waals surface area contributed by atoms with Crippen molar-refractivity contribution in [3.05, 3.63) is 22.4 Å². The first-order valence-corrected chi connectivity index (χ1v) is 8.48. The van der Waals surface area contributed by atoms with Gasteiger partial charge in [-0.15, -0.1) is 34.5 Å². The van der Waals surface area contributed by atoms with Crippen LogP contribution in [0.15, 0.2) is 17.5 Å². The van der Waals surface area contributed by atoms with E-state index in [0.717, 1.165) is 32.7 Å². The van der Waals surface area contributed by atoms with E-state index in [2.05, 4.69) is 22.4 Å². The maximum absolute atomic E-state index is 12.5. The fraction of sp³-hybridized carbons (Fsp3) is 0.643. The second-order valence-corrected chi connectivity index (χ2v) is 8.38. The molecule has 2 fully saturated rings. The average molecular weight is 333 g/mol. The van der Waals surface area contributed by atoms with Gasteiger partial charge in [0.15, 0.2) is 0 Å². The number of nitrogens with zero attached hydrogens (tertiary/aromatic N) is 2. The van der Waals surface area contributed by atoms with Crippen LogP contribution >= 0.6 is 34.5 Å². The molecule has 1 unspecified atom stereocenters. The first-order valence-electron chi connectivity index (χ1n) is 6.84. The van der Waals surface area contributed by atoms with Crippen molar-refractivity contribution in [3.8, 4) is 0 Å². The fourth-order valence-electron chi connectivity index (χ4n) is 2.71. The molecule has 0 radical (unpaired) electrons. The molecule has 1 aliphatic carbocycles. The van der Waals surface area contributed by atoms with Gasteiger partial charge in [0.25, 0.3) is 0 Å². The van der Waals surface area contributed by atoms with E-state index in [9.17, 15) is 4.79 Å². The first kappa shape index (κ1) is 14.6. The van der Waals surface area contributed by atoms with Crippen molar-refractivity contribution < 1.29 is 4.79 Å². The molecule has 1 saturated heterocycles. The molecule has 1 aromatic heterocycles. The van der Waals surface area contributed by atoms with Crippen LogP contribution in [0.3, 0.4) is 0 Å². The molecule has 3 nitrogen and oxygen atoms in total. The Balaban J connectivity index is 1.53. The Morgan fingerprint density at radius 2 is 2.00 bits per heavy atom. The summed E-state index contributed by atoms with van der Waals surface area (Å²) in [5.74, 6) is 0.110. The van der Waals surface area contributed by atoms with Gasteiger partial charge in [-0.1, -0.05) is 6.07 Å². The predicted octanol–water partition coefficient (Wildman–Crippen LogP) is 2.98. The van der Waals surface area contributed by atoms with Crippen molar-refractivity contribution in [2.24, 2.45) is 5.41 Å². The fourth-order valence-corrected chi connectivity index (χ4v) is 4.16. The molecule has 110 valence electrons. The van der Waals surface area contributed by atoms with Gasteiger partial charge in [0, 0.05) is 37.6 Å². The van der Waals surface area contributed by atoms with Crippen LogP contribution < -0.4 is 0 Å². The SMILES string of the molecule is CC1(C(=O)N2CCN(Cc3cccs3)CC2)CC1(Cl)Cl. The monoisotopic (exact) mass is 332 g/mol. The molecule has 0 N–H and O–H groups in total. The normalized spacial score (nSPS) is 29.4.